The van der Waals surface area contributed by atoms with E-state index in [9.17, 15) is 0 Å². The number of anilines is 1. The molecule has 3 N–H and O–H groups in total. The molecule has 1 rings (SSSR count). The quantitative estimate of drug-likeness (QED) is 0.746. The van der Waals surface area contributed by atoms with Crippen molar-refractivity contribution in [3.8, 4) is 0 Å². The fourth-order valence-electron chi connectivity index (χ4n) is 1.28. The lowest BCUT2D eigenvalue weighted by Crippen LogP contribution is -2.13. The van der Waals surface area contributed by atoms with Gasteiger partial charge >= 0.3 is 0 Å². The smallest absolute Gasteiger partial charge is 0.106 e. The van der Waals surface area contributed by atoms with Crippen molar-refractivity contribution < 1.29 is 0 Å². The van der Waals surface area contributed by atoms with Gasteiger partial charge in [-0.1, -0.05) is 30.8 Å². The monoisotopic (exact) mass is 208 g/mol. The number of nitrogens with one attached hydrogen (secondary N) is 1. The summed E-state index contributed by atoms with van der Waals surface area (Å²) in [5.74, 6) is 0. The molecule has 3 heteroatoms. The number of nitrogens with two attached hydrogens (primary N) is 1. The van der Waals surface area contributed by atoms with E-state index >= 15 is 0 Å². The van der Waals surface area contributed by atoms with Crippen molar-refractivity contribution in [3.63, 3.8) is 0 Å². The minimum Gasteiger partial charge on any atom is -0.389 e. The Kier molecular flexibility index (Phi) is 3.89. The predicted octanol–water partition coefficient (Wildman–Crippen LogP) is 2.45. The van der Waals surface area contributed by atoms with Crippen LogP contribution >= 0.6 is 12.2 Å². The zero-order valence-corrected chi connectivity index (χ0v) is 9.45. The molecule has 0 saturated heterocycles. The zero-order valence-electron chi connectivity index (χ0n) is 8.63. The van der Waals surface area contributed by atoms with Crippen molar-refractivity contribution in [1.82, 2.24) is 0 Å². The first-order chi connectivity index (χ1) is 6.65. The van der Waals surface area contributed by atoms with E-state index in [1.54, 1.807) is 0 Å². The molecule has 14 heavy (non-hydrogen) atoms. The third-order valence-corrected chi connectivity index (χ3v) is 2.23. The van der Waals surface area contributed by atoms with Crippen LogP contribution in [0.1, 0.15) is 24.5 Å². The molecule has 0 radical (unpaired) electrons. The van der Waals surface area contributed by atoms with Gasteiger partial charge in [-0.15, -0.1) is 0 Å². The Morgan fingerprint density at radius 1 is 1.50 bits per heavy atom. The second kappa shape index (κ2) is 4.96. The minimum absolute atomic E-state index is 0.451. The first-order valence-electron chi connectivity index (χ1n) is 4.79. The number of rotatable bonds is 4. The molecule has 2 nitrogen and oxygen atoms in total. The fraction of sp³-hybridized carbons (Fsp3) is 0.364. The normalized spacial score (nSPS) is 9.86. The molecule has 0 saturated carbocycles. The van der Waals surface area contributed by atoms with Gasteiger partial charge in [-0.25, -0.2) is 0 Å². The number of benzene rings is 1. The van der Waals surface area contributed by atoms with E-state index in [4.69, 9.17) is 18.0 Å². The topological polar surface area (TPSA) is 38.0 Å². The standard InChI is InChI=1S/C11H16N2S/c1-3-6-13-10-5-4-8(2)7-9(10)11(12)14/h4-5,7,13H,3,6H2,1-2H3,(H2,12,14). The van der Waals surface area contributed by atoms with Gasteiger partial charge in [0.25, 0.3) is 0 Å². The van der Waals surface area contributed by atoms with Crippen molar-refractivity contribution in [1.29, 1.82) is 0 Å². The predicted molar refractivity (Wildman–Crippen MR) is 65.8 cm³/mol. The molecule has 76 valence electrons. The van der Waals surface area contributed by atoms with Crippen LogP contribution in [0, 0.1) is 6.92 Å². The van der Waals surface area contributed by atoms with Gasteiger partial charge in [-0.2, -0.15) is 0 Å². The van der Waals surface area contributed by atoms with Crippen LogP contribution in [0.15, 0.2) is 18.2 Å². The molecule has 1 aromatic carbocycles. The summed E-state index contributed by atoms with van der Waals surface area (Å²) in [6.07, 6.45) is 1.09. The maximum atomic E-state index is 5.65. The number of hydrogen-bond donors (Lipinski definition) is 2. The maximum Gasteiger partial charge on any atom is 0.106 e. The van der Waals surface area contributed by atoms with E-state index < -0.39 is 0 Å². The van der Waals surface area contributed by atoms with Gasteiger partial charge in [-0.05, 0) is 25.5 Å². The molecule has 0 aliphatic heterocycles. The number of thiocarbonyl (C=S) groups is 1. The summed E-state index contributed by atoms with van der Waals surface area (Å²) in [6.45, 7) is 5.10. The van der Waals surface area contributed by atoms with Crippen LogP contribution in [0.2, 0.25) is 0 Å². The van der Waals surface area contributed by atoms with Crippen molar-refractivity contribution in [2.24, 2.45) is 5.73 Å². The highest BCUT2D eigenvalue weighted by Crippen LogP contribution is 2.17. The van der Waals surface area contributed by atoms with Crippen molar-refractivity contribution in [2.75, 3.05) is 11.9 Å². The lowest BCUT2D eigenvalue weighted by molar-refractivity contribution is 0.979. The van der Waals surface area contributed by atoms with Crippen LogP contribution in [0.4, 0.5) is 5.69 Å². The summed E-state index contributed by atoms with van der Waals surface area (Å²) < 4.78 is 0. The molecule has 1 aromatic rings. The highest BCUT2D eigenvalue weighted by atomic mass is 32.1. The fourth-order valence-corrected chi connectivity index (χ4v) is 1.44. The molecule has 0 aromatic heterocycles. The van der Waals surface area contributed by atoms with Crippen LogP contribution in [0.3, 0.4) is 0 Å². The average molecular weight is 208 g/mol. The summed E-state index contributed by atoms with van der Waals surface area (Å²) in [5, 5.41) is 3.30. The van der Waals surface area contributed by atoms with E-state index in [1.165, 1.54) is 5.56 Å². The molecule has 0 aliphatic rings. The van der Waals surface area contributed by atoms with Crippen LogP contribution in [-0.2, 0) is 0 Å². The maximum absolute atomic E-state index is 5.65. The highest BCUT2D eigenvalue weighted by Gasteiger charge is 2.04. The summed E-state index contributed by atoms with van der Waals surface area (Å²) >= 11 is 5.00. The first-order valence-corrected chi connectivity index (χ1v) is 5.20. The Bertz CT molecular complexity index is 334. The lowest BCUT2D eigenvalue weighted by Gasteiger charge is -2.10. The van der Waals surface area contributed by atoms with E-state index in [2.05, 4.69) is 18.3 Å². The Morgan fingerprint density at radius 2 is 2.21 bits per heavy atom. The van der Waals surface area contributed by atoms with Crippen LogP contribution in [0.25, 0.3) is 0 Å². The Hall–Kier alpha value is -1.09. The first kappa shape index (κ1) is 11.0. The van der Waals surface area contributed by atoms with Crippen LogP contribution < -0.4 is 11.1 Å². The van der Waals surface area contributed by atoms with E-state index in [1.807, 2.05) is 19.1 Å². The second-order valence-electron chi connectivity index (χ2n) is 3.34. The molecule has 0 atom stereocenters. The van der Waals surface area contributed by atoms with Crippen LogP contribution in [-0.4, -0.2) is 11.5 Å². The summed E-state index contributed by atoms with van der Waals surface area (Å²) in [7, 11) is 0. The molecule has 0 bridgehead atoms. The number of hydrogen-bond acceptors (Lipinski definition) is 2. The van der Waals surface area contributed by atoms with Gasteiger partial charge in [0.05, 0.1) is 0 Å². The van der Waals surface area contributed by atoms with Gasteiger partial charge in [0.2, 0.25) is 0 Å². The summed E-state index contributed by atoms with van der Waals surface area (Å²) in [6, 6.07) is 6.10. The third-order valence-electron chi connectivity index (χ3n) is 2.01. The van der Waals surface area contributed by atoms with E-state index in [0.717, 1.165) is 24.2 Å². The van der Waals surface area contributed by atoms with Crippen molar-refractivity contribution in [3.05, 3.63) is 29.3 Å². The average Bonchev–Trinajstić information content (AvgIpc) is 2.15. The summed E-state index contributed by atoms with van der Waals surface area (Å²) in [4.78, 5) is 0.451. The SMILES string of the molecule is CCCNc1ccc(C)cc1C(N)=S. The number of aryl methyl sites for hydroxylation is 1. The zero-order chi connectivity index (χ0) is 10.6. The van der Waals surface area contributed by atoms with Gasteiger partial charge in [0.1, 0.15) is 4.99 Å². The largest absolute Gasteiger partial charge is 0.389 e. The lowest BCUT2D eigenvalue weighted by atomic mass is 10.1. The van der Waals surface area contributed by atoms with Gasteiger partial charge < -0.3 is 11.1 Å². The minimum atomic E-state index is 0.451. The molecule has 0 fully saturated rings. The Morgan fingerprint density at radius 3 is 2.79 bits per heavy atom. The summed E-state index contributed by atoms with van der Waals surface area (Å²) in [5.41, 5.74) is 8.79. The van der Waals surface area contributed by atoms with Crippen LogP contribution in [0.5, 0.6) is 0 Å². The van der Waals surface area contributed by atoms with Gasteiger partial charge in [0, 0.05) is 17.8 Å². The molecule has 0 amide bonds. The third kappa shape index (κ3) is 2.70. The Labute approximate surface area is 90.5 Å². The Balaban J connectivity index is 2.96. The van der Waals surface area contributed by atoms with Gasteiger partial charge in [0.15, 0.2) is 0 Å². The molecule has 0 aliphatic carbocycles. The molecule has 0 spiro atoms. The van der Waals surface area contributed by atoms with E-state index in [0.29, 0.717) is 4.99 Å². The van der Waals surface area contributed by atoms with Crippen molar-refractivity contribution in [2.45, 2.75) is 20.3 Å². The molecular weight excluding hydrogens is 192 g/mol. The molecule has 0 heterocycles. The molecular formula is C11H16N2S. The van der Waals surface area contributed by atoms with E-state index in [-0.39, 0.29) is 0 Å². The molecule has 0 unspecified atom stereocenters. The van der Waals surface area contributed by atoms with Gasteiger partial charge in [-0.3, -0.25) is 0 Å². The highest BCUT2D eigenvalue weighted by molar-refractivity contribution is 7.80. The van der Waals surface area contributed by atoms with Crippen molar-refractivity contribution >= 4 is 22.9 Å². The second-order valence-corrected chi connectivity index (χ2v) is 3.78.